The largest absolute Gasteiger partial charge is 0.508 e. The van der Waals surface area contributed by atoms with Gasteiger partial charge in [0.15, 0.2) is 0 Å². The molecule has 3 heteroatoms. The Morgan fingerprint density at radius 2 is 1.63 bits per heavy atom. The Bertz CT molecular complexity index is 726. The van der Waals surface area contributed by atoms with Crippen LogP contribution < -0.4 is 0 Å². The molecule has 19 heavy (non-hydrogen) atoms. The summed E-state index contributed by atoms with van der Waals surface area (Å²) in [7, 11) is 0. The van der Waals surface area contributed by atoms with Crippen molar-refractivity contribution in [1.29, 1.82) is 0 Å². The van der Waals surface area contributed by atoms with Gasteiger partial charge in [-0.05, 0) is 65.4 Å². The van der Waals surface area contributed by atoms with Gasteiger partial charge in [0.1, 0.15) is 11.5 Å². The zero-order valence-electron chi connectivity index (χ0n) is 10.6. The van der Waals surface area contributed by atoms with Gasteiger partial charge in [0, 0.05) is 9.58 Å². The minimum Gasteiger partial charge on any atom is -0.508 e. The number of aryl methyl sites for hydroxylation is 1. The van der Waals surface area contributed by atoms with Crippen LogP contribution in [0.4, 0.5) is 0 Å². The number of hydrogen-bond acceptors (Lipinski definition) is 3. The Kier molecular flexibility index (Phi) is 2.91. The number of benzene rings is 2. The van der Waals surface area contributed by atoms with Crippen molar-refractivity contribution in [3.05, 3.63) is 48.0 Å². The van der Waals surface area contributed by atoms with Crippen molar-refractivity contribution in [3.63, 3.8) is 0 Å². The smallest absolute Gasteiger partial charge is 0.117 e. The van der Waals surface area contributed by atoms with Gasteiger partial charge in [0.25, 0.3) is 0 Å². The average molecular weight is 270 g/mol. The van der Waals surface area contributed by atoms with Crippen LogP contribution in [0, 0.1) is 0 Å². The van der Waals surface area contributed by atoms with E-state index in [-0.39, 0.29) is 5.75 Å². The van der Waals surface area contributed by atoms with Gasteiger partial charge < -0.3 is 10.2 Å². The molecule has 0 aliphatic heterocycles. The second-order valence-corrected chi connectivity index (χ2v) is 5.54. The van der Waals surface area contributed by atoms with Crippen LogP contribution in [0.25, 0.3) is 20.5 Å². The average Bonchev–Trinajstić information content (AvgIpc) is 2.77. The van der Waals surface area contributed by atoms with Crippen LogP contribution in [-0.2, 0) is 6.42 Å². The minimum absolute atomic E-state index is 0.278. The number of aromatic hydroxyl groups is 2. The summed E-state index contributed by atoms with van der Waals surface area (Å²) in [5.74, 6) is 0.578. The number of phenolic OH excluding ortho intramolecular Hbond substituents is 2. The molecule has 0 aliphatic carbocycles. The molecule has 96 valence electrons. The Labute approximate surface area is 115 Å². The predicted molar refractivity (Wildman–Crippen MR) is 80.0 cm³/mol. The van der Waals surface area contributed by atoms with Gasteiger partial charge in [-0.25, -0.2) is 0 Å². The molecule has 0 fully saturated rings. The second kappa shape index (κ2) is 4.59. The maximum absolute atomic E-state index is 9.58. The molecule has 2 N–H and O–H groups in total. The van der Waals surface area contributed by atoms with Gasteiger partial charge in [0.2, 0.25) is 0 Å². The Balaban J connectivity index is 2.25. The molecule has 0 saturated heterocycles. The van der Waals surface area contributed by atoms with Gasteiger partial charge in [-0.1, -0.05) is 6.92 Å². The normalized spacial score (nSPS) is 11.0. The molecule has 0 saturated carbocycles. The minimum atomic E-state index is 0.278. The Morgan fingerprint density at radius 3 is 2.32 bits per heavy atom. The first-order chi connectivity index (χ1) is 9.19. The molecule has 0 aliphatic rings. The molecule has 0 atom stereocenters. The van der Waals surface area contributed by atoms with Gasteiger partial charge in [0.05, 0.1) is 0 Å². The summed E-state index contributed by atoms with van der Waals surface area (Å²) in [6, 6.07) is 12.8. The van der Waals surface area contributed by atoms with E-state index in [1.165, 1.54) is 15.8 Å². The third-order valence-electron chi connectivity index (χ3n) is 3.26. The standard InChI is InChI=1S/C16H14O2S/c1-2-13-14-8-7-12(18)9-15(14)19-16(13)10-3-5-11(17)6-4-10/h3-9,17-18H,2H2,1H3. The first kappa shape index (κ1) is 12.1. The molecule has 0 radical (unpaired) electrons. The molecule has 0 bridgehead atoms. The first-order valence-corrected chi connectivity index (χ1v) is 7.04. The Hall–Kier alpha value is -2.00. The molecule has 3 rings (SSSR count). The summed E-state index contributed by atoms with van der Waals surface area (Å²) in [5.41, 5.74) is 2.40. The van der Waals surface area contributed by atoms with E-state index in [0.29, 0.717) is 5.75 Å². The molecule has 3 aromatic rings. The molecule has 0 amide bonds. The van der Waals surface area contributed by atoms with Gasteiger partial charge in [-0.15, -0.1) is 11.3 Å². The highest BCUT2D eigenvalue weighted by Crippen LogP contribution is 2.40. The molecule has 0 spiro atoms. The van der Waals surface area contributed by atoms with E-state index in [2.05, 4.69) is 6.92 Å². The topological polar surface area (TPSA) is 40.5 Å². The van der Waals surface area contributed by atoms with E-state index in [1.54, 1.807) is 29.5 Å². The lowest BCUT2D eigenvalue weighted by Crippen LogP contribution is -1.81. The van der Waals surface area contributed by atoms with Crippen LogP contribution in [0.15, 0.2) is 42.5 Å². The van der Waals surface area contributed by atoms with E-state index >= 15 is 0 Å². The molecule has 1 heterocycles. The molecule has 1 aromatic heterocycles. The van der Waals surface area contributed by atoms with Gasteiger partial charge >= 0.3 is 0 Å². The molecule has 2 nitrogen and oxygen atoms in total. The maximum atomic E-state index is 9.58. The maximum Gasteiger partial charge on any atom is 0.117 e. The zero-order valence-corrected chi connectivity index (χ0v) is 11.4. The lowest BCUT2D eigenvalue weighted by atomic mass is 10.0. The lowest BCUT2D eigenvalue weighted by molar-refractivity contribution is 0.475. The Morgan fingerprint density at radius 1 is 0.947 bits per heavy atom. The molecule has 2 aromatic carbocycles. The fourth-order valence-corrected chi connectivity index (χ4v) is 3.67. The van der Waals surface area contributed by atoms with Crippen molar-refractivity contribution in [1.82, 2.24) is 0 Å². The van der Waals surface area contributed by atoms with Crippen LogP contribution in [0.1, 0.15) is 12.5 Å². The fraction of sp³-hybridized carbons (Fsp3) is 0.125. The van der Waals surface area contributed by atoms with Crippen molar-refractivity contribution < 1.29 is 10.2 Å². The number of thiophene rings is 1. The highest BCUT2D eigenvalue weighted by molar-refractivity contribution is 7.22. The van der Waals surface area contributed by atoms with Crippen molar-refractivity contribution in [2.75, 3.05) is 0 Å². The monoisotopic (exact) mass is 270 g/mol. The van der Waals surface area contributed by atoms with Gasteiger partial charge in [-0.2, -0.15) is 0 Å². The summed E-state index contributed by atoms with van der Waals surface area (Å²) in [6.07, 6.45) is 0.945. The highest BCUT2D eigenvalue weighted by atomic mass is 32.1. The molecule has 0 unspecified atom stereocenters. The van der Waals surface area contributed by atoms with Crippen LogP contribution >= 0.6 is 11.3 Å². The van der Waals surface area contributed by atoms with Crippen molar-refractivity contribution in [2.24, 2.45) is 0 Å². The van der Waals surface area contributed by atoms with Crippen molar-refractivity contribution >= 4 is 21.4 Å². The fourth-order valence-electron chi connectivity index (χ4n) is 2.34. The first-order valence-electron chi connectivity index (χ1n) is 6.23. The SMILES string of the molecule is CCc1c(-c2ccc(O)cc2)sc2cc(O)ccc12. The van der Waals surface area contributed by atoms with E-state index in [9.17, 15) is 10.2 Å². The number of phenols is 2. The number of rotatable bonds is 2. The summed E-state index contributed by atoms with van der Waals surface area (Å²) >= 11 is 1.68. The lowest BCUT2D eigenvalue weighted by Gasteiger charge is -2.02. The zero-order chi connectivity index (χ0) is 13.4. The quantitative estimate of drug-likeness (QED) is 0.717. The predicted octanol–water partition coefficient (Wildman–Crippen LogP) is 4.54. The number of fused-ring (bicyclic) bond motifs is 1. The van der Waals surface area contributed by atoms with E-state index in [0.717, 1.165) is 16.7 Å². The van der Waals surface area contributed by atoms with E-state index < -0.39 is 0 Å². The summed E-state index contributed by atoms with van der Waals surface area (Å²) in [5, 5.41) is 20.2. The third-order valence-corrected chi connectivity index (χ3v) is 4.50. The van der Waals surface area contributed by atoms with Crippen LogP contribution in [0.5, 0.6) is 11.5 Å². The molecular weight excluding hydrogens is 256 g/mol. The summed E-state index contributed by atoms with van der Waals surface area (Å²) in [6.45, 7) is 2.14. The van der Waals surface area contributed by atoms with Crippen LogP contribution in [0.2, 0.25) is 0 Å². The second-order valence-electron chi connectivity index (χ2n) is 4.49. The van der Waals surface area contributed by atoms with E-state index in [4.69, 9.17) is 0 Å². The summed E-state index contributed by atoms with van der Waals surface area (Å²) < 4.78 is 1.10. The summed E-state index contributed by atoms with van der Waals surface area (Å²) in [4.78, 5) is 1.21. The van der Waals surface area contributed by atoms with Crippen molar-refractivity contribution in [3.8, 4) is 21.9 Å². The third kappa shape index (κ3) is 2.06. The van der Waals surface area contributed by atoms with Crippen molar-refractivity contribution in [2.45, 2.75) is 13.3 Å². The number of hydrogen-bond donors (Lipinski definition) is 2. The molecular formula is C16H14O2S. The van der Waals surface area contributed by atoms with Crippen LogP contribution in [0.3, 0.4) is 0 Å². The van der Waals surface area contributed by atoms with Crippen LogP contribution in [-0.4, -0.2) is 10.2 Å². The van der Waals surface area contributed by atoms with E-state index in [1.807, 2.05) is 24.3 Å². The van der Waals surface area contributed by atoms with Gasteiger partial charge in [-0.3, -0.25) is 0 Å². The highest BCUT2D eigenvalue weighted by Gasteiger charge is 2.12.